The van der Waals surface area contributed by atoms with Gasteiger partial charge >= 0.3 is 5.97 Å². The van der Waals surface area contributed by atoms with E-state index in [0.29, 0.717) is 11.3 Å². The number of benzene rings is 2. The fourth-order valence-corrected chi connectivity index (χ4v) is 2.46. The summed E-state index contributed by atoms with van der Waals surface area (Å²) in [6, 6.07) is 12.0. The molecule has 2 aromatic rings. The molecule has 1 unspecified atom stereocenters. The maximum Gasteiger partial charge on any atom is 0.335 e. The molecule has 1 heterocycles. The Morgan fingerprint density at radius 1 is 1.19 bits per heavy atom. The van der Waals surface area contributed by atoms with Gasteiger partial charge in [-0.15, -0.1) is 0 Å². The summed E-state index contributed by atoms with van der Waals surface area (Å²) in [5.74, 6) is -0.328. The molecule has 106 valence electrons. The van der Waals surface area contributed by atoms with Crippen LogP contribution in [0.1, 0.15) is 44.4 Å². The topological polar surface area (TPSA) is 63.6 Å². The van der Waals surface area contributed by atoms with E-state index in [-0.39, 0.29) is 23.9 Å². The molecule has 0 bridgehead atoms. The van der Waals surface area contributed by atoms with Crippen LogP contribution in [0.4, 0.5) is 0 Å². The second kappa shape index (κ2) is 5.05. The van der Waals surface area contributed by atoms with Gasteiger partial charge in [-0.1, -0.05) is 18.2 Å². The summed E-state index contributed by atoms with van der Waals surface area (Å²) in [6.07, 6.45) is -0.0997. The van der Waals surface area contributed by atoms with Gasteiger partial charge in [-0.05, 0) is 42.3 Å². The number of carboxylic acids is 1. The molecule has 0 saturated carbocycles. The largest absolute Gasteiger partial charge is 0.484 e. The third-order valence-electron chi connectivity index (χ3n) is 3.61. The summed E-state index contributed by atoms with van der Waals surface area (Å²) in [4.78, 5) is 23.0. The molecular formula is C17H14O4. The Labute approximate surface area is 122 Å². The average molecular weight is 282 g/mol. The first-order chi connectivity index (χ1) is 10.0. The summed E-state index contributed by atoms with van der Waals surface area (Å²) >= 11 is 0. The van der Waals surface area contributed by atoms with E-state index >= 15 is 0 Å². The van der Waals surface area contributed by atoms with Crippen molar-refractivity contribution in [3.05, 3.63) is 64.7 Å². The maximum atomic E-state index is 12.2. The number of hydrogen-bond donors (Lipinski definition) is 1. The molecule has 0 aliphatic carbocycles. The molecular weight excluding hydrogens is 268 g/mol. The number of rotatable bonds is 2. The van der Waals surface area contributed by atoms with Crippen LogP contribution < -0.4 is 4.74 Å². The predicted octanol–water partition coefficient (Wildman–Crippen LogP) is 3.40. The van der Waals surface area contributed by atoms with E-state index in [0.717, 1.165) is 11.1 Å². The molecule has 0 amide bonds. The molecule has 1 N–H and O–H groups in total. The number of carbonyl (C=O) groups excluding carboxylic acids is 1. The maximum absolute atomic E-state index is 12.2. The number of aromatic carboxylic acids is 1. The zero-order valence-corrected chi connectivity index (χ0v) is 11.5. The Balaban J connectivity index is 1.91. The van der Waals surface area contributed by atoms with E-state index in [1.54, 1.807) is 18.2 Å². The number of hydrogen-bond acceptors (Lipinski definition) is 3. The molecule has 1 aliphatic heterocycles. The first kappa shape index (κ1) is 13.4. The Morgan fingerprint density at radius 2 is 1.90 bits per heavy atom. The van der Waals surface area contributed by atoms with Crippen molar-refractivity contribution in [3.63, 3.8) is 0 Å². The van der Waals surface area contributed by atoms with E-state index in [1.165, 1.54) is 12.1 Å². The van der Waals surface area contributed by atoms with Gasteiger partial charge in [-0.3, -0.25) is 4.79 Å². The lowest BCUT2D eigenvalue weighted by molar-refractivity contribution is 0.0695. The molecule has 1 aliphatic rings. The van der Waals surface area contributed by atoms with Gasteiger partial charge in [0.05, 0.1) is 17.5 Å². The lowest BCUT2D eigenvalue weighted by atomic mass is 9.95. The van der Waals surface area contributed by atoms with Gasteiger partial charge in [0.2, 0.25) is 0 Å². The first-order valence-corrected chi connectivity index (χ1v) is 6.68. The summed E-state index contributed by atoms with van der Waals surface area (Å²) in [5.41, 5.74) is 2.67. The Morgan fingerprint density at radius 3 is 2.57 bits per heavy atom. The quantitative estimate of drug-likeness (QED) is 0.917. The minimum absolute atomic E-state index is 0.0450. The molecule has 3 rings (SSSR count). The lowest BCUT2D eigenvalue weighted by Crippen LogP contribution is -2.20. The highest BCUT2D eigenvalue weighted by Crippen LogP contribution is 2.35. The van der Waals surface area contributed by atoms with Crippen molar-refractivity contribution in [2.75, 3.05) is 0 Å². The second-order valence-electron chi connectivity index (χ2n) is 5.16. The van der Waals surface area contributed by atoms with Crippen molar-refractivity contribution in [3.8, 4) is 5.75 Å². The number of ether oxygens (including phenoxy) is 1. The third-order valence-corrected chi connectivity index (χ3v) is 3.61. The lowest BCUT2D eigenvalue weighted by Gasteiger charge is -2.25. The van der Waals surface area contributed by atoms with Crippen LogP contribution in [-0.2, 0) is 0 Å². The standard InChI is InChI=1S/C17H14O4/c1-10-2-7-13-14(18)9-15(21-16(13)8-10)11-3-5-12(6-4-11)17(19)20/h2-8,15H,9H2,1H3,(H,19,20). The second-order valence-corrected chi connectivity index (χ2v) is 5.16. The average Bonchev–Trinajstić information content (AvgIpc) is 2.46. The van der Waals surface area contributed by atoms with Crippen LogP contribution >= 0.6 is 0 Å². The summed E-state index contributed by atoms with van der Waals surface area (Å²) in [6.45, 7) is 1.94. The highest BCUT2D eigenvalue weighted by Gasteiger charge is 2.27. The smallest absolute Gasteiger partial charge is 0.335 e. The van der Waals surface area contributed by atoms with Gasteiger partial charge in [-0.2, -0.15) is 0 Å². The number of aryl methyl sites for hydroxylation is 1. The fraction of sp³-hybridized carbons (Fsp3) is 0.176. The van der Waals surface area contributed by atoms with Crippen LogP contribution in [0.15, 0.2) is 42.5 Å². The van der Waals surface area contributed by atoms with Gasteiger partial charge in [-0.25, -0.2) is 4.79 Å². The van der Waals surface area contributed by atoms with E-state index in [2.05, 4.69) is 0 Å². The Hall–Kier alpha value is -2.62. The van der Waals surface area contributed by atoms with Crippen LogP contribution in [-0.4, -0.2) is 16.9 Å². The van der Waals surface area contributed by atoms with Crippen LogP contribution in [0.5, 0.6) is 5.75 Å². The van der Waals surface area contributed by atoms with Crippen LogP contribution in [0, 0.1) is 6.92 Å². The van der Waals surface area contributed by atoms with Gasteiger partial charge in [0.1, 0.15) is 11.9 Å². The van der Waals surface area contributed by atoms with Gasteiger partial charge < -0.3 is 9.84 Å². The van der Waals surface area contributed by atoms with Crippen molar-refractivity contribution < 1.29 is 19.4 Å². The highest BCUT2D eigenvalue weighted by molar-refractivity contribution is 6.00. The molecule has 0 saturated heterocycles. The van der Waals surface area contributed by atoms with Crippen molar-refractivity contribution in [2.45, 2.75) is 19.4 Å². The minimum atomic E-state index is -0.969. The zero-order chi connectivity index (χ0) is 15.0. The van der Waals surface area contributed by atoms with E-state index < -0.39 is 5.97 Å². The Kier molecular flexibility index (Phi) is 3.22. The molecule has 0 radical (unpaired) electrons. The van der Waals surface area contributed by atoms with Crippen molar-refractivity contribution in [1.82, 2.24) is 0 Å². The van der Waals surface area contributed by atoms with Crippen LogP contribution in [0.25, 0.3) is 0 Å². The third kappa shape index (κ3) is 2.52. The van der Waals surface area contributed by atoms with Gasteiger partial charge in [0, 0.05) is 0 Å². The van der Waals surface area contributed by atoms with Crippen LogP contribution in [0.3, 0.4) is 0 Å². The number of carbonyl (C=O) groups is 2. The molecule has 21 heavy (non-hydrogen) atoms. The normalized spacial score (nSPS) is 17.0. The molecule has 4 nitrogen and oxygen atoms in total. The van der Waals surface area contributed by atoms with Crippen molar-refractivity contribution in [2.24, 2.45) is 0 Å². The molecule has 0 aromatic heterocycles. The number of ketones is 1. The fourth-order valence-electron chi connectivity index (χ4n) is 2.46. The Bertz CT molecular complexity index is 716. The number of carboxylic acid groups (broad SMARTS) is 1. The minimum Gasteiger partial charge on any atom is -0.484 e. The van der Waals surface area contributed by atoms with E-state index in [4.69, 9.17) is 9.84 Å². The number of fused-ring (bicyclic) bond motifs is 1. The van der Waals surface area contributed by atoms with Crippen molar-refractivity contribution in [1.29, 1.82) is 0 Å². The predicted molar refractivity (Wildman–Crippen MR) is 76.9 cm³/mol. The summed E-state index contributed by atoms with van der Waals surface area (Å²) in [7, 11) is 0. The molecule has 1 atom stereocenters. The van der Waals surface area contributed by atoms with E-state index in [1.807, 2.05) is 19.1 Å². The van der Waals surface area contributed by atoms with Crippen molar-refractivity contribution >= 4 is 11.8 Å². The van der Waals surface area contributed by atoms with Crippen LogP contribution in [0.2, 0.25) is 0 Å². The molecule has 2 aromatic carbocycles. The first-order valence-electron chi connectivity index (χ1n) is 6.68. The highest BCUT2D eigenvalue weighted by atomic mass is 16.5. The van der Waals surface area contributed by atoms with Gasteiger partial charge in [0.15, 0.2) is 5.78 Å². The number of Topliss-reactive ketones (excluding diaryl/α,β-unsaturated/α-hetero) is 1. The molecule has 0 spiro atoms. The zero-order valence-electron chi connectivity index (χ0n) is 11.5. The monoisotopic (exact) mass is 282 g/mol. The molecule has 4 heteroatoms. The summed E-state index contributed by atoms with van der Waals surface area (Å²) < 4.78 is 5.90. The molecule has 0 fully saturated rings. The SMILES string of the molecule is Cc1ccc2c(c1)OC(c1ccc(C(=O)O)cc1)CC2=O. The summed E-state index contributed by atoms with van der Waals surface area (Å²) in [5, 5.41) is 8.90. The van der Waals surface area contributed by atoms with E-state index in [9.17, 15) is 9.59 Å². The van der Waals surface area contributed by atoms with Gasteiger partial charge in [0.25, 0.3) is 0 Å².